The fourth-order valence-electron chi connectivity index (χ4n) is 5.61. The molecule has 2 atom stereocenters. The number of methoxy groups -OCH3 is 1. The Hall–Kier alpha value is -4.30. The molecule has 2 aromatic carbocycles. The van der Waals surface area contributed by atoms with Gasteiger partial charge in [-0.3, -0.25) is 9.69 Å². The monoisotopic (exact) mass is 623 g/mol. The van der Waals surface area contributed by atoms with Crippen molar-refractivity contribution in [3.63, 3.8) is 0 Å². The number of para-hydroxylation sites is 1. The largest absolute Gasteiger partial charge is 0.496 e. The first-order valence-corrected chi connectivity index (χ1v) is 14.8. The van der Waals surface area contributed by atoms with E-state index in [1.54, 1.807) is 18.9 Å². The fraction of sp³-hybridized carbons (Fsp3) is 0.323. The van der Waals surface area contributed by atoms with Crippen LogP contribution in [0.5, 0.6) is 5.75 Å². The molecule has 0 saturated carbocycles. The Kier molecular flexibility index (Phi) is 8.36. The molecule has 1 amide bonds. The summed E-state index contributed by atoms with van der Waals surface area (Å²) in [6.07, 6.45) is 1.72. The van der Waals surface area contributed by atoms with Crippen LogP contribution in [0.15, 0.2) is 59.3 Å². The van der Waals surface area contributed by atoms with Crippen LogP contribution in [0.25, 0.3) is 10.8 Å². The number of fused-ring (bicyclic) bond motifs is 1. The maximum atomic E-state index is 15.6. The summed E-state index contributed by atoms with van der Waals surface area (Å²) in [7, 11) is 1.56. The van der Waals surface area contributed by atoms with E-state index in [0.29, 0.717) is 47.2 Å². The van der Waals surface area contributed by atoms with Crippen LogP contribution in [0, 0.1) is 12.7 Å². The van der Waals surface area contributed by atoms with E-state index in [0.717, 1.165) is 16.5 Å². The van der Waals surface area contributed by atoms with Gasteiger partial charge < -0.3 is 33.7 Å². The number of aromatic carboxylic acids is 1. The van der Waals surface area contributed by atoms with Gasteiger partial charge in [-0.25, -0.2) is 14.2 Å². The number of ether oxygens (including phenoxy) is 3. The molecule has 11 nitrogen and oxygen atoms in total. The summed E-state index contributed by atoms with van der Waals surface area (Å²) in [5, 5.41) is 21.9. The van der Waals surface area contributed by atoms with E-state index in [2.05, 4.69) is 4.98 Å². The number of rotatable bonds is 9. The van der Waals surface area contributed by atoms with E-state index in [1.807, 2.05) is 24.3 Å². The van der Waals surface area contributed by atoms with Crippen LogP contribution >= 0.6 is 11.3 Å². The van der Waals surface area contributed by atoms with Gasteiger partial charge in [0.15, 0.2) is 5.82 Å². The normalized spacial score (nSPS) is 17.9. The summed E-state index contributed by atoms with van der Waals surface area (Å²) >= 11 is 1.21. The zero-order valence-electron chi connectivity index (χ0n) is 23.9. The number of aliphatic hydroxyl groups excluding tert-OH is 1. The number of halogens is 1. The number of benzene rings is 2. The molecule has 44 heavy (non-hydrogen) atoms. The molecular weight excluding hydrogens is 593 g/mol. The Labute approximate surface area is 256 Å². The molecule has 1 fully saturated rings. The Balaban J connectivity index is 1.49. The van der Waals surface area contributed by atoms with Crippen molar-refractivity contribution in [3.8, 4) is 16.5 Å². The minimum Gasteiger partial charge on any atom is -0.496 e. The average Bonchev–Trinajstić information content (AvgIpc) is 3.68. The summed E-state index contributed by atoms with van der Waals surface area (Å²) in [5.74, 6) is -2.48. The van der Waals surface area contributed by atoms with Crippen LogP contribution in [-0.2, 0) is 9.47 Å². The highest BCUT2D eigenvalue weighted by molar-refractivity contribution is 7.20. The van der Waals surface area contributed by atoms with Gasteiger partial charge in [0.2, 0.25) is 12.2 Å². The van der Waals surface area contributed by atoms with Crippen molar-refractivity contribution in [1.29, 1.82) is 0 Å². The van der Waals surface area contributed by atoms with Crippen LogP contribution < -0.4 is 14.5 Å². The van der Waals surface area contributed by atoms with E-state index in [-0.39, 0.29) is 29.8 Å². The Morgan fingerprint density at radius 3 is 2.68 bits per heavy atom. The van der Waals surface area contributed by atoms with Crippen molar-refractivity contribution in [1.82, 2.24) is 4.98 Å². The van der Waals surface area contributed by atoms with Crippen LogP contribution in [0.4, 0.5) is 15.1 Å². The standard InChI is InChI=1S/C31H30FN3O8S/c1-17-24-28(36)35(21-8-5-7-20(25(21)32)30(37)38)31(39)34(29(24)44-26(17)27-33-12-15-42-27)16-23(43-18-10-13-41-14-11-18)19-6-3-4-9-22(19)40-2/h3-9,12,15,18,23,31,39H,10-11,13-14,16H2,1-2H3,(H,37,38). The smallest absolute Gasteiger partial charge is 0.338 e. The topological polar surface area (TPSA) is 135 Å². The molecule has 6 rings (SSSR count). The first-order valence-electron chi connectivity index (χ1n) is 14.0. The van der Waals surface area contributed by atoms with E-state index in [4.69, 9.17) is 18.6 Å². The third kappa shape index (κ3) is 5.32. The van der Waals surface area contributed by atoms with Crippen LogP contribution in [-0.4, -0.2) is 66.4 Å². The van der Waals surface area contributed by atoms with E-state index in [1.165, 1.54) is 35.9 Å². The molecular formula is C31H30FN3O8S. The van der Waals surface area contributed by atoms with Gasteiger partial charge in [-0.15, -0.1) is 11.3 Å². The van der Waals surface area contributed by atoms with Crippen molar-refractivity contribution >= 4 is 33.9 Å². The predicted octanol–water partition coefficient (Wildman–Crippen LogP) is 5.24. The number of carboxylic acid groups (broad SMARTS) is 1. The van der Waals surface area contributed by atoms with Gasteiger partial charge in [0.1, 0.15) is 23.1 Å². The Morgan fingerprint density at radius 1 is 1.20 bits per heavy atom. The third-order valence-electron chi connectivity index (χ3n) is 7.80. The number of oxazole rings is 1. The molecule has 230 valence electrons. The van der Waals surface area contributed by atoms with Gasteiger partial charge in [0.25, 0.3) is 5.91 Å². The molecule has 4 aromatic rings. The summed E-state index contributed by atoms with van der Waals surface area (Å²) in [4.78, 5) is 33.1. The van der Waals surface area contributed by atoms with Crippen molar-refractivity contribution < 1.29 is 42.8 Å². The molecule has 1 saturated heterocycles. The van der Waals surface area contributed by atoms with Crippen molar-refractivity contribution in [2.24, 2.45) is 0 Å². The molecule has 0 radical (unpaired) electrons. The highest BCUT2D eigenvalue weighted by atomic mass is 32.1. The average molecular weight is 624 g/mol. The van der Waals surface area contributed by atoms with Crippen LogP contribution in [0.2, 0.25) is 0 Å². The van der Waals surface area contributed by atoms with Crippen molar-refractivity contribution in [2.75, 3.05) is 36.7 Å². The number of hydrogen-bond donors (Lipinski definition) is 2. The number of aliphatic hydroxyl groups is 1. The molecule has 2 aliphatic rings. The molecule has 2 unspecified atom stereocenters. The Bertz CT molecular complexity index is 1670. The first kappa shape index (κ1) is 29.8. The maximum Gasteiger partial charge on any atom is 0.338 e. The van der Waals surface area contributed by atoms with Gasteiger partial charge in [-0.05, 0) is 43.5 Å². The van der Waals surface area contributed by atoms with E-state index >= 15 is 4.39 Å². The lowest BCUT2D eigenvalue weighted by molar-refractivity contribution is -0.0694. The van der Waals surface area contributed by atoms with Gasteiger partial charge >= 0.3 is 5.97 Å². The third-order valence-corrected chi connectivity index (χ3v) is 9.12. The Morgan fingerprint density at radius 2 is 1.98 bits per heavy atom. The molecule has 2 aromatic heterocycles. The molecule has 0 bridgehead atoms. The summed E-state index contributed by atoms with van der Waals surface area (Å²) < 4.78 is 39.0. The molecule has 0 spiro atoms. The minimum absolute atomic E-state index is 0.0287. The second kappa shape index (κ2) is 12.4. The molecule has 0 aliphatic carbocycles. The predicted molar refractivity (Wildman–Crippen MR) is 159 cm³/mol. The van der Waals surface area contributed by atoms with E-state index < -0.39 is 35.7 Å². The molecule has 2 N–H and O–H groups in total. The van der Waals surface area contributed by atoms with Crippen molar-refractivity contribution in [3.05, 3.63) is 83.0 Å². The summed E-state index contributed by atoms with van der Waals surface area (Å²) in [6.45, 7) is 2.85. The number of nitrogens with zero attached hydrogens (tertiary/aromatic N) is 3. The highest BCUT2D eigenvalue weighted by Gasteiger charge is 2.44. The number of carbonyl (C=O) groups is 2. The highest BCUT2D eigenvalue weighted by Crippen LogP contribution is 2.47. The molecule has 13 heteroatoms. The van der Waals surface area contributed by atoms with Gasteiger partial charge in [-0.1, -0.05) is 24.3 Å². The zero-order chi connectivity index (χ0) is 31.0. The number of carbonyl (C=O) groups excluding carboxylic acids is 1. The SMILES string of the molecule is COc1ccccc1C(CN1c2sc(-c3ncco3)c(C)c2C(=O)N(c2cccc(C(=O)O)c2F)C1O)OC1CCOCC1. The number of aromatic nitrogens is 1. The lowest BCUT2D eigenvalue weighted by Gasteiger charge is -2.43. The fourth-order valence-corrected chi connectivity index (χ4v) is 6.88. The van der Waals surface area contributed by atoms with Crippen molar-refractivity contribution in [2.45, 2.75) is 38.3 Å². The number of carboxylic acids is 1. The van der Waals surface area contributed by atoms with E-state index in [9.17, 15) is 19.8 Å². The molecule has 4 heterocycles. The zero-order valence-corrected chi connectivity index (χ0v) is 24.8. The summed E-state index contributed by atoms with van der Waals surface area (Å²) in [5.41, 5.74) is 0.448. The lowest BCUT2D eigenvalue weighted by Crippen LogP contribution is -2.57. The van der Waals surface area contributed by atoms with Crippen LogP contribution in [0.3, 0.4) is 0 Å². The minimum atomic E-state index is -1.72. The number of amides is 1. The number of thiophene rings is 1. The number of anilines is 2. The van der Waals surface area contributed by atoms with Crippen LogP contribution in [0.1, 0.15) is 50.8 Å². The van der Waals surface area contributed by atoms with Gasteiger partial charge in [0.05, 0.1) is 47.6 Å². The van der Waals surface area contributed by atoms with Gasteiger partial charge in [0, 0.05) is 18.8 Å². The first-order chi connectivity index (χ1) is 21.3. The second-order valence-corrected chi connectivity index (χ2v) is 11.4. The molecule has 2 aliphatic heterocycles. The number of hydrogen-bond acceptors (Lipinski definition) is 10. The van der Waals surface area contributed by atoms with Gasteiger partial charge in [-0.2, -0.15) is 0 Å². The second-order valence-electron chi connectivity index (χ2n) is 10.4. The maximum absolute atomic E-state index is 15.6. The lowest BCUT2D eigenvalue weighted by atomic mass is 10.0. The quantitative estimate of drug-likeness (QED) is 0.255. The summed E-state index contributed by atoms with van der Waals surface area (Å²) in [6, 6.07) is 11.1.